The number of hydrogen-bond acceptors (Lipinski definition) is 6. The summed E-state index contributed by atoms with van der Waals surface area (Å²) in [6.45, 7) is 11.5. The van der Waals surface area contributed by atoms with Gasteiger partial charge in [0.05, 0.1) is 6.42 Å². The molecule has 20 heavy (non-hydrogen) atoms. The molecule has 0 radical (unpaired) electrons. The van der Waals surface area contributed by atoms with E-state index in [4.69, 9.17) is 14.2 Å². The van der Waals surface area contributed by atoms with Gasteiger partial charge in [-0.2, -0.15) is 0 Å². The Kier molecular flexibility index (Phi) is 8.41. The Labute approximate surface area is 117 Å². The van der Waals surface area contributed by atoms with Crippen LogP contribution in [-0.2, 0) is 28.6 Å². The first-order chi connectivity index (χ1) is 9.42. The minimum absolute atomic E-state index is 0.00168. The number of hydrogen-bond donors (Lipinski definition) is 0. The van der Waals surface area contributed by atoms with Crippen molar-refractivity contribution in [3.8, 4) is 0 Å². The molecule has 0 aromatic heterocycles. The lowest BCUT2D eigenvalue weighted by Gasteiger charge is -2.15. The smallest absolute Gasteiger partial charge is 0.348 e. The summed E-state index contributed by atoms with van der Waals surface area (Å²) in [7, 11) is 0. The van der Waals surface area contributed by atoms with Crippen LogP contribution in [0, 0.1) is 0 Å². The van der Waals surface area contributed by atoms with E-state index >= 15 is 0 Å². The summed E-state index contributed by atoms with van der Waals surface area (Å²) in [6, 6.07) is 0. The highest BCUT2D eigenvalue weighted by atomic mass is 16.6. The van der Waals surface area contributed by atoms with Crippen LogP contribution in [-0.4, -0.2) is 37.2 Å². The van der Waals surface area contributed by atoms with Gasteiger partial charge in [-0.3, -0.25) is 4.79 Å². The van der Waals surface area contributed by atoms with E-state index in [9.17, 15) is 14.4 Å². The van der Waals surface area contributed by atoms with Crippen molar-refractivity contribution in [1.29, 1.82) is 0 Å². The van der Waals surface area contributed by atoms with E-state index in [0.29, 0.717) is 0 Å². The molecule has 0 aliphatic rings. The maximum Gasteiger partial charge on any atom is 0.348 e. The molecular formula is C14H18O6. The summed E-state index contributed by atoms with van der Waals surface area (Å²) in [5.41, 5.74) is 0.103. The molecule has 0 amide bonds. The lowest BCUT2D eigenvalue weighted by atomic mass is 10.2. The van der Waals surface area contributed by atoms with Crippen molar-refractivity contribution < 1.29 is 28.6 Å². The highest BCUT2D eigenvalue weighted by Crippen LogP contribution is 2.07. The predicted molar refractivity (Wildman–Crippen MR) is 71.6 cm³/mol. The Bertz CT molecular complexity index is 410. The fraction of sp³-hybridized carbons (Fsp3) is 0.357. The van der Waals surface area contributed by atoms with Crippen LogP contribution in [0.3, 0.4) is 0 Å². The third-order valence-corrected chi connectivity index (χ3v) is 1.92. The van der Waals surface area contributed by atoms with Gasteiger partial charge < -0.3 is 14.2 Å². The molecule has 0 spiro atoms. The van der Waals surface area contributed by atoms with Crippen LogP contribution in [0.2, 0.25) is 0 Å². The summed E-state index contributed by atoms with van der Waals surface area (Å²) in [6.07, 6.45) is 0.911. The molecular weight excluding hydrogens is 264 g/mol. The second kappa shape index (κ2) is 9.55. The molecule has 6 nitrogen and oxygen atoms in total. The number of ether oxygens (including phenoxy) is 3. The molecule has 0 aromatic carbocycles. The van der Waals surface area contributed by atoms with Crippen LogP contribution in [0.4, 0.5) is 0 Å². The van der Waals surface area contributed by atoms with E-state index in [1.165, 1.54) is 19.1 Å². The zero-order valence-corrected chi connectivity index (χ0v) is 11.4. The summed E-state index contributed by atoms with van der Waals surface area (Å²) in [5.74, 6) is -2.35. The Morgan fingerprint density at radius 3 is 2.15 bits per heavy atom. The lowest BCUT2D eigenvalue weighted by Crippen LogP contribution is -2.32. The van der Waals surface area contributed by atoms with Crippen molar-refractivity contribution in [2.75, 3.05) is 13.2 Å². The Morgan fingerprint density at radius 2 is 1.65 bits per heavy atom. The van der Waals surface area contributed by atoms with Crippen molar-refractivity contribution in [2.45, 2.75) is 19.4 Å². The maximum atomic E-state index is 11.7. The molecule has 0 saturated carbocycles. The normalized spacial score (nSPS) is 10.8. The van der Waals surface area contributed by atoms with Gasteiger partial charge in [0.2, 0.25) is 6.10 Å². The Balaban J connectivity index is 4.68. The van der Waals surface area contributed by atoms with Gasteiger partial charge in [-0.1, -0.05) is 31.9 Å². The van der Waals surface area contributed by atoms with Crippen molar-refractivity contribution in [3.63, 3.8) is 0 Å². The molecule has 1 unspecified atom stereocenters. The predicted octanol–water partition coefficient (Wildman–Crippen LogP) is 1.32. The molecule has 0 bridgehead atoms. The van der Waals surface area contributed by atoms with Crippen LogP contribution in [0.1, 0.15) is 13.3 Å². The third kappa shape index (κ3) is 7.15. The molecule has 0 aromatic rings. The third-order valence-electron chi connectivity index (χ3n) is 1.92. The molecule has 0 saturated heterocycles. The zero-order valence-electron chi connectivity index (χ0n) is 11.4. The highest BCUT2D eigenvalue weighted by Gasteiger charge is 2.28. The first-order valence-corrected chi connectivity index (χ1v) is 5.82. The fourth-order valence-electron chi connectivity index (χ4n) is 0.999. The van der Waals surface area contributed by atoms with Crippen molar-refractivity contribution in [2.24, 2.45) is 0 Å². The van der Waals surface area contributed by atoms with Crippen LogP contribution >= 0.6 is 0 Å². The van der Waals surface area contributed by atoms with Gasteiger partial charge in [-0.25, -0.2) is 9.59 Å². The second-order valence-corrected chi connectivity index (χ2v) is 3.77. The SMILES string of the molecule is C=CCOC(=O)CC(OC(=O)C(=C)C)C(=O)OCC=C. The van der Waals surface area contributed by atoms with Crippen molar-refractivity contribution >= 4 is 17.9 Å². The Morgan fingerprint density at radius 1 is 1.10 bits per heavy atom. The molecule has 1 atom stereocenters. The van der Waals surface area contributed by atoms with Crippen LogP contribution in [0.25, 0.3) is 0 Å². The average Bonchev–Trinajstić information content (AvgIpc) is 2.41. The fourth-order valence-corrected chi connectivity index (χ4v) is 0.999. The summed E-state index contributed by atoms with van der Waals surface area (Å²) in [5, 5.41) is 0. The van der Waals surface area contributed by atoms with Crippen molar-refractivity contribution in [1.82, 2.24) is 0 Å². The van der Waals surface area contributed by atoms with Gasteiger partial charge in [0.1, 0.15) is 13.2 Å². The molecule has 0 aliphatic heterocycles. The average molecular weight is 282 g/mol. The van der Waals surface area contributed by atoms with Crippen LogP contribution in [0.15, 0.2) is 37.5 Å². The van der Waals surface area contributed by atoms with E-state index in [1.807, 2.05) is 0 Å². The summed E-state index contributed by atoms with van der Waals surface area (Å²) < 4.78 is 14.3. The number of esters is 3. The molecule has 6 heteroatoms. The van der Waals surface area contributed by atoms with E-state index < -0.39 is 30.4 Å². The number of rotatable bonds is 9. The molecule has 110 valence electrons. The molecule has 0 aliphatic carbocycles. The standard InChI is InChI=1S/C14H18O6/c1-5-7-18-12(15)9-11(14(17)19-8-6-2)20-13(16)10(3)4/h5-6,11H,1-3,7-9H2,4H3. The van der Waals surface area contributed by atoms with Gasteiger partial charge in [-0.05, 0) is 6.92 Å². The van der Waals surface area contributed by atoms with Gasteiger partial charge in [0, 0.05) is 5.57 Å². The van der Waals surface area contributed by atoms with Crippen molar-refractivity contribution in [3.05, 3.63) is 37.5 Å². The molecule has 0 N–H and O–H groups in total. The first kappa shape index (κ1) is 17.6. The number of carbonyl (C=O) groups is 3. The highest BCUT2D eigenvalue weighted by molar-refractivity contribution is 5.90. The first-order valence-electron chi connectivity index (χ1n) is 5.82. The van der Waals surface area contributed by atoms with Gasteiger partial charge in [0.25, 0.3) is 0 Å². The molecule has 0 rings (SSSR count). The van der Waals surface area contributed by atoms with E-state index in [2.05, 4.69) is 19.7 Å². The minimum Gasteiger partial charge on any atom is -0.461 e. The summed E-state index contributed by atoms with van der Waals surface area (Å²) >= 11 is 0. The van der Waals surface area contributed by atoms with Crippen LogP contribution < -0.4 is 0 Å². The maximum absolute atomic E-state index is 11.7. The Hall–Kier alpha value is -2.37. The summed E-state index contributed by atoms with van der Waals surface area (Å²) in [4.78, 5) is 34.5. The van der Waals surface area contributed by atoms with Gasteiger partial charge in [-0.15, -0.1) is 0 Å². The quantitative estimate of drug-likeness (QED) is 0.275. The monoisotopic (exact) mass is 282 g/mol. The molecule has 0 fully saturated rings. The van der Waals surface area contributed by atoms with E-state index in [-0.39, 0.29) is 18.8 Å². The lowest BCUT2D eigenvalue weighted by molar-refractivity contribution is -0.169. The zero-order chi connectivity index (χ0) is 15.5. The largest absolute Gasteiger partial charge is 0.461 e. The van der Waals surface area contributed by atoms with Gasteiger partial charge >= 0.3 is 17.9 Å². The minimum atomic E-state index is -1.38. The second-order valence-electron chi connectivity index (χ2n) is 3.77. The van der Waals surface area contributed by atoms with E-state index in [1.54, 1.807) is 0 Å². The van der Waals surface area contributed by atoms with Crippen LogP contribution in [0.5, 0.6) is 0 Å². The number of carbonyl (C=O) groups excluding carboxylic acids is 3. The van der Waals surface area contributed by atoms with E-state index in [0.717, 1.165) is 0 Å². The molecule has 0 heterocycles. The topological polar surface area (TPSA) is 78.9 Å². The van der Waals surface area contributed by atoms with Gasteiger partial charge in [0.15, 0.2) is 0 Å².